The van der Waals surface area contributed by atoms with E-state index >= 15 is 0 Å². The molecule has 1 unspecified atom stereocenters. The van der Waals surface area contributed by atoms with Gasteiger partial charge in [0.05, 0.1) is 0 Å². The number of aliphatic hydroxyl groups is 1. The van der Waals surface area contributed by atoms with Gasteiger partial charge in [0, 0.05) is 33.0 Å². The number of rotatable bonds is 2. The van der Waals surface area contributed by atoms with Crippen molar-refractivity contribution in [2.45, 2.75) is 6.10 Å². The van der Waals surface area contributed by atoms with Crippen LogP contribution < -0.4 is 0 Å². The van der Waals surface area contributed by atoms with Gasteiger partial charge in [0.2, 0.25) is 0 Å². The quantitative estimate of drug-likeness (QED) is 0.871. The van der Waals surface area contributed by atoms with Crippen LogP contribution in [0.5, 0.6) is 0 Å². The van der Waals surface area contributed by atoms with E-state index in [0.29, 0.717) is 10.6 Å². The first-order valence-electron chi connectivity index (χ1n) is 4.44. The summed E-state index contributed by atoms with van der Waals surface area (Å²) in [6.07, 6.45) is 2.83. The maximum atomic E-state index is 10.1. The number of benzene rings is 1. The van der Waals surface area contributed by atoms with Gasteiger partial charge in [-0.3, -0.25) is 0 Å². The maximum Gasteiger partial charge on any atom is 0.107 e. The van der Waals surface area contributed by atoms with Crippen LogP contribution in [-0.4, -0.2) is 10.1 Å². The van der Waals surface area contributed by atoms with E-state index in [1.807, 2.05) is 18.2 Å². The van der Waals surface area contributed by atoms with Crippen LogP contribution in [0.15, 0.2) is 41.1 Å². The Morgan fingerprint density at radius 2 is 2.13 bits per heavy atom. The summed E-state index contributed by atoms with van der Waals surface area (Å²) in [6, 6.07) is 7.24. The fourth-order valence-electron chi connectivity index (χ4n) is 1.41. The lowest BCUT2D eigenvalue weighted by Crippen LogP contribution is -1.98. The van der Waals surface area contributed by atoms with E-state index in [0.717, 1.165) is 10.0 Å². The van der Waals surface area contributed by atoms with Gasteiger partial charge in [0.25, 0.3) is 0 Å². The molecule has 0 fully saturated rings. The summed E-state index contributed by atoms with van der Waals surface area (Å²) in [5, 5.41) is 10.6. The Hall–Kier alpha value is -0.770. The standard InChI is InChI=1S/C11H9BrClNO/c12-8-1-2-10(13)9(5-8)11(15)7-3-4-14-6-7/h1-6,11,14-15H. The van der Waals surface area contributed by atoms with Crippen molar-refractivity contribution < 1.29 is 5.11 Å². The molecular formula is C11H9BrClNO. The highest BCUT2D eigenvalue weighted by molar-refractivity contribution is 9.10. The fraction of sp³-hybridized carbons (Fsp3) is 0.0909. The molecule has 1 atom stereocenters. The minimum absolute atomic E-state index is 0.562. The highest BCUT2D eigenvalue weighted by Gasteiger charge is 2.14. The van der Waals surface area contributed by atoms with E-state index in [1.54, 1.807) is 18.5 Å². The molecule has 0 bridgehead atoms. The predicted octanol–water partition coefficient (Wildman–Crippen LogP) is 3.51. The van der Waals surface area contributed by atoms with Gasteiger partial charge >= 0.3 is 0 Å². The summed E-state index contributed by atoms with van der Waals surface area (Å²) in [4.78, 5) is 2.90. The third kappa shape index (κ3) is 2.25. The molecule has 4 heteroatoms. The first kappa shape index (κ1) is 10.7. The third-order valence-corrected chi connectivity index (χ3v) is 3.03. The molecule has 2 N–H and O–H groups in total. The Balaban J connectivity index is 2.41. The van der Waals surface area contributed by atoms with Crippen LogP contribution in [0.4, 0.5) is 0 Å². The van der Waals surface area contributed by atoms with Crippen LogP contribution in [-0.2, 0) is 0 Å². The third-order valence-electron chi connectivity index (χ3n) is 2.19. The molecule has 0 aliphatic rings. The summed E-state index contributed by atoms with van der Waals surface area (Å²) in [5.41, 5.74) is 1.50. The fourth-order valence-corrected chi connectivity index (χ4v) is 2.01. The van der Waals surface area contributed by atoms with Crippen molar-refractivity contribution in [3.05, 3.63) is 57.3 Å². The Morgan fingerprint density at radius 3 is 2.80 bits per heavy atom. The zero-order valence-corrected chi connectivity index (χ0v) is 10.1. The van der Waals surface area contributed by atoms with Crippen LogP contribution in [0.1, 0.15) is 17.2 Å². The van der Waals surface area contributed by atoms with Gasteiger partial charge < -0.3 is 10.1 Å². The number of nitrogens with one attached hydrogen (secondary N) is 1. The zero-order chi connectivity index (χ0) is 10.8. The van der Waals surface area contributed by atoms with E-state index in [4.69, 9.17) is 11.6 Å². The van der Waals surface area contributed by atoms with E-state index in [1.165, 1.54) is 0 Å². The molecule has 1 aromatic heterocycles. The molecule has 1 heterocycles. The van der Waals surface area contributed by atoms with Crippen LogP contribution in [0, 0.1) is 0 Å². The summed E-state index contributed by atoms with van der Waals surface area (Å²) >= 11 is 9.37. The second-order valence-corrected chi connectivity index (χ2v) is 4.54. The summed E-state index contributed by atoms with van der Waals surface area (Å²) in [5.74, 6) is 0. The molecule has 2 aromatic rings. The number of hydrogen-bond donors (Lipinski definition) is 2. The number of aromatic nitrogens is 1. The van der Waals surface area contributed by atoms with Gasteiger partial charge in [-0.2, -0.15) is 0 Å². The molecule has 1 aromatic carbocycles. The zero-order valence-electron chi connectivity index (χ0n) is 7.74. The Morgan fingerprint density at radius 1 is 1.33 bits per heavy atom. The van der Waals surface area contributed by atoms with Crippen molar-refractivity contribution >= 4 is 27.5 Å². The first-order valence-corrected chi connectivity index (χ1v) is 5.61. The Bertz CT molecular complexity index is 456. The second-order valence-electron chi connectivity index (χ2n) is 3.21. The normalized spacial score (nSPS) is 12.7. The summed E-state index contributed by atoms with van der Waals surface area (Å²) in [6.45, 7) is 0. The first-order chi connectivity index (χ1) is 7.18. The van der Waals surface area contributed by atoms with Crippen molar-refractivity contribution in [2.75, 3.05) is 0 Å². The molecule has 0 saturated heterocycles. The maximum absolute atomic E-state index is 10.1. The SMILES string of the molecule is OC(c1cc[nH]c1)c1cc(Br)ccc1Cl. The van der Waals surface area contributed by atoms with E-state index < -0.39 is 6.10 Å². The van der Waals surface area contributed by atoms with E-state index in [-0.39, 0.29) is 0 Å². The van der Waals surface area contributed by atoms with Gasteiger partial charge in [-0.1, -0.05) is 27.5 Å². The number of H-pyrrole nitrogens is 1. The molecule has 2 rings (SSSR count). The average Bonchev–Trinajstić information content (AvgIpc) is 2.74. The number of hydrogen-bond acceptors (Lipinski definition) is 1. The molecule has 2 nitrogen and oxygen atoms in total. The molecule has 0 aliphatic heterocycles. The molecule has 0 spiro atoms. The molecule has 0 saturated carbocycles. The Kier molecular flexibility index (Phi) is 3.14. The molecule has 0 amide bonds. The van der Waals surface area contributed by atoms with Crippen molar-refractivity contribution in [1.29, 1.82) is 0 Å². The van der Waals surface area contributed by atoms with Crippen molar-refractivity contribution in [3.8, 4) is 0 Å². The summed E-state index contributed by atoms with van der Waals surface area (Å²) < 4.78 is 0.900. The lowest BCUT2D eigenvalue weighted by atomic mass is 10.0. The number of aliphatic hydroxyl groups excluding tert-OH is 1. The number of halogens is 2. The van der Waals surface area contributed by atoms with Gasteiger partial charge in [0.1, 0.15) is 6.10 Å². The van der Waals surface area contributed by atoms with Gasteiger partial charge in [-0.15, -0.1) is 0 Å². The Labute approximate surface area is 101 Å². The molecule has 0 radical (unpaired) electrons. The summed E-state index contributed by atoms with van der Waals surface area (Å²) in [7, 11) is 0. The van der Waals surface area contributed by atoms with Crippen molar-refractivity contribution in [1.82, 2.24) is 4.98 Å². The highest BCUT2D eigenvalue weighted by atomic mass is 79.9. The van der Waals surface area contributed by atoms with Crippen LogP contribution >= 0.6 is 27.5 Å². The van der Waals surface area contributed by atoms with Crippen LogP contribution in [0.2, 0.25) is 5.02 Å². The van der Waals surface area contributed by atoms with Crippen LogP contribution in [0.25, 0.3) is 0 Å². The van der Waals surface area contributed by atoms with E-state index in [9.17, 15) is 5.11 Å². The van der Waals surface area contributed by atoms with Gasteiger partial charge in [0.15, 0.2) is 0 Å². The molecular weight excluding hydrogens is 277 g/mol. The lowest BCUT2D eigenvalue weighted by Gasteiger charge is -2.11. The van der Waals surface area contributed by atoms with Crippen molar-refractivity contribution in [3.63, 3.8) is 0 Å². The molecule has 15 heavy (non-hydrogen) atoms. The van der Waals surface area contributed by atoms with Gasteiger partial charge in [-0.25, -0.2) is 0 Å². The second kappa shape index (κ2) is 4.39. The smallest absolute Gasteiger partial charge is 0.107 e. The van der Waals surface area contributed by atoms with E-state index in [2.05, 4.69) is 20.9 Å². The molecule has 0 aliphatic carbocycles. The highest BCUT2D eigenvalue weighted by Crippen LogP contribution is 2.30. The largest absolute Gasteiger partial charge is 0.384 e. The lowest BCUT2D eigenvalue weighted by molar-refractivity contribution is 0.220. The van der Waals surface area contributed by atoms with Crippen molar-refractivity contribution in [2.24, 2.45) is 0 Å². The minimum Gasteiger partial charge on any atom is -0.384 e. The average molecular weight is 287 g/mol. The topological polar surface area (TPSA) is 36.0 Å². The van der Waals surface area contributed by atoms with Gasteiger partial charge in [-0.05, 0) is 24.3 Å². The molecule has 78 valence electrons. The van der Waals surface area contributed by atoms with Crippen LogP contribution in [0.3, 0.4) is 0 Å². The minimum atomic E-state index is -0.693. The monoisotopic (exact) mass is 285 g/mol. The number of aromatic amines is 1. The predicted molar refractivity (Wildman–Crippen MR) is 64.0 cm³/mol.